The number of methoxy groups -OCH3 is 1. The van der Waals surface area contributed by atoms with Gasteiger partial charge in [-0.15, -0.1) is 0 Å². The van der Waals surface area contributed by atoms with E-state index in [1.807, 2.05) is 48.5 Å². The zero-order valence-electron chi connectivity index (χ0n) is 29.0. The van der Waals surface area contributed by atoms with Gasteiger partial charge < -0.3 is 34.9 Å². The number of carbonyl (C=O) groups is 4. The Labute approximate surface area is 298 Å². The molecule has 14 nitrogen and oxygen atoms in total. The molecule has 2 aliphatic rings. The number of likely N-dealkylation sites (N-methyl/N-ethyl adjacent to an activating group) is 1. The molecule has 4 heterocycles. The number of H-pyrrole nitrogens is 2. The minimum Gasteiger partial charge on any atom is -0.465 e. The van der Waals surface area contributed by atoms with Crippen molar-refractivity contribution < 1.29 is 37.8 Å². The number of hydrogen-bond donors (Lipinski definition) is 4. The predicted molar refractivity (Wildman–Crippen MR) is 185 cm³/mol. The van der Waals surface area contributed by atoms with Gasteiger partial charge in [0.1, 0.15) is 36.1 Å². The van der Waals surface area contributed by atoms with Crippen molar-refractivity contribution in [1.29, 1.82) is 0 Å². The highest BCUT2D eigenvalue weighted by Gasteiger charge is 2.41. The van der Waals surface area contributed by atoms with Gasteiger partial charge in [-0.1, -0.05) is 48.5 Å². The summed E-state index contributed by atoms with van der Waals surface area (Å²) < 4.78 is 33.6. The second kappa shape index (κ2) is 14.8. The van der Waals surface area contributed by atoms with E-state index < -0.39 is 60.5 Å². The lowest BCUT2D eigenvalue weighted by molar-refractivity contribution is -0.136. The van der Waals surface area contributed by atoms with Gasteiger partial charge in [-0.2, -0.15) is 0 Å². The summed E-state index contributed by atoms with van der Waals surface area (Å²) in [6, 6.07) is 12.4. The number of aromatic nitrogens is 4. The average Bonchev–Trinajstić information content (AvgIpc) is 3.97. The molecule has 0 bridgehead atoms. The molecule has 16 heteroatoms. The van der Waals surface area contributed by atoms with Crippen LogP contribution in [0.5, 0.6) is 0 Å². The Kier molecular flexibility index (Phi) is 10.3. The summed E-state index contributed by atoms with van der Waals surface area (Å²) in [5.41, 5.74) is 4.97. The number of alkyl halides is 2. The first-order chi connectivity index (χ1) is 24.8. The zero-order chi connectivity index (χ0) is 37.3. The standard InChI is InChI=1S/C36H40F2N8O6/c1-19(41-35(49)52-4)33(47)45-17-25(37)13-29(45)31-39-15-27(42-31)23-9-5-21(6-10-23)22-7-11-24(12-8-22)28-16-40-32(43-28)30-14-26(38)18-46(30)34(48)20(2)44(3)36(50)51/h5-12,15-16,19-20,25-26,29-30H,13-14,17-18H2,1-4H3,(H,39,42)(H,40,43)(H,41,49)(H,50,51)/t19-,20-,25-,26-,29-,30-/m0/s1. The van der Waals surface area contributed by atoms with Crippen molar-refractivity contribution in [2.45, 2.75) is 63.2 Å². The average molecular weight is 719 g/mol. The van der Waals surface area contributed by atoms with Gasteiger partial charge in [0.05, 0.1) is 56.1 Å². The number of carbonyl (C=O) groups excluding carboxylic acids is 3. The maximum atomic E-state index is 14.5. The molecule has 4 aromatic rings. The fourth-order valence-corrected chi connectivity index (χ4v) is 6.68. The molecule has 2 saturated heterocycles. The third-order valence-corrected chi connectivity index (χ3v) is 9.74. The Bertz CT molecular complexity index is 1930. The van der Waals surface area contributed by atoms with E-state index in [0.717, 1.165) is 27.2 Å². The van der Waals surface area contributed by atoms with E-state index >= 15 is 0 Å². The predicted octanol–water partition coefficient (Wildman–Crippen LogP) is 5.10. The lowest BCUT2D eigenvalue weighted by atomic mass is 10.0. The van der Waals surface area contributed by atoms with Crippen LogP contribution in [0.15, 0.2) is 60.9 Å². The smallest absolute Gasteiger partial charge is 0.407 e. The van der Waals surface area contributed by atoms with Crippen LogP contribution >= 0.6 is 0 Å². The molecule has 0 spiro atoms. The fourth-order valence-electron chi connectivity index (χ4n) is 6.68. The van der Waals surface area contributed by atoms with Crippen LogP contribution in [-0.2, 0) is 14.3 Å². The topological polar surface area (TPSA) is 177 Å². The molecule has 0 saturated carbocycles. The van der Waals surface area contributed by atoms with Crippen LogP contribution in [0.2, 0.25) is 0 Å². The normalized spacial score (nSPS) is 21.1. The van der Waals surface area contributed by atoms with Gasteiger partial charge in [-0.3, -0.25) is 14.5 Å². The summed E-state index contributed by atoms with van der Waals surface area (Å²) in [7, 11) is 2.50. The third kappa shape index (κ3) is 7.31. The van der Waals surface area contributed by atoms with E-state index in [1.54, 1.807) is 12.4 Å². The van der Waals surface area contributed by atoms with Crippen molar-refractivity contribution in [3.8, 4) is 33.6 Å². The molecule has 6 atom stereocenters. The van der Waals surface area contributed by atoms with Gasteiger partial charge in [0.15, 0.2) is 0 Å². The van der Waals surface area contributed by atoms with Crippen molar-refractivity contribution in [2.24, 2.45) is 0 Å². The molecule has 274 valence electrons. The summed E-state index contributed by atoms with van der Waals surface area (Å²) in [5, 5.41) is 11.7. The molecule has 52 heavy (non-hydrogen) atoms. The van der Waals surface area contributed by atoms with Crippen molar-refractivity contribution in [3.63, 3.8) is 0 Å². The number of nitrogens with one attached hydrogen (secondary N) is 3. The summed E-state index contributed by atoms with van der Waals surface area (Å²) in [4.78, 5) is 68.1. The SMILES string of the molecule is COC(=O)N[C@@H](C)C(=O)N1C[C@@H](F)C[C@H]1c1ncc(-c2ccc(-c3ccc(-c4cnc([C@@H]5C[C@H](F)CN5C(=O)[C@H](C)N(C)C(=O)O)[nH]4)cc3)cc2)[nH]1. The van der Waals surface area contributed by atoms with Crippen LogP contribution in [0, 0.1) is 0 Å². The summed E-state index contributed by atoms with van der Waals surface area (Å²) >= 11 is 0. The summed E-state index contributed by atoms with van der Waals surface area (Å²) in [5.74, 6) is -0.0408. The largest absolute Gasteiger partial charge is 0.465 e. The van der Waals surface area contributed by atoms with Crippen LogP contribution in [0.3, 0.4) is 0 Å². The van der Waals surface area contributed by atoms with Crippen LogP contribution in [0.4, 0.5) is 18.4 Å². The van der Waals surface area contributed by atoms with Crippen LogP contribution in [0.25, 0.3) is 33.6 Å². The first-order valence-electron chi connectivity index (χ1n) is 16.8. The van der Waals surface area contributed by atoms with Gasteiger partial charge in [0, 0.05) is 19.9 Å². The molecule has 0 aliphatic carbocycles. The summed E-state index contributed by atoms with van der Waals surface area (Å²) in [6.07, 6.45) is -1.06. The van der Waals surface area contributed by atoms with E-state index in [4.69, 9.17) is 0 Å². The number of benzene rings is 2. The quantitative estimate of drug-likeness (QED) is 0.185. The third-order valence-electron chi connectivity index (χ3n) is 9.74. The van der Waals surface area contributed by atoms with Crippen molar-refractivity contribution in [2.75, 3.05) is 27.2 Å². The zero-order valence-corrected chi connectivity index (χ0v) is 29.0. The lowest BCUT2D eigenvalue weighted by Gasteiger charge is -2.29. The number of imidazole rings is 2. The summed E-state index contributed by atoms with van der Waals surface area (Å²) in [6.45, 7) is 2.76. The van der Waals surface area contributed by atoms with E-state index in [9.17, 15) is 33.1 Å². The Morgan fingerprint density at radius 2 is 1.23 bits per heavy atom. The Hall–Kier alpha value is -5.80. The van der Waals surface area contributed by atoms with Gasteiger partial charge in [0.25, 0.3) is 0 Å². The number of amides is 4. The van der Waals surface area contributed by atoms with E-state index in [0.29, 0.717) is 23.0 Å². The number of alkyl carbamates (subject to hydrolysis) is 1. The molecule has 4 N–H and O–H groups in total. The molecule has 2 fully saturated rings. The maximum Gasteiger partial charge on any atom is 0.407 e. The monoisotopic (exact) mass is 718 g/mol. The van der Waals surface area contributed by atoms with Gasteiger partial charge in [0.2, 0.25) is 11.8 Å². The second-order valence-corrected chi connectivity index (χ2v) is 13.1. The molecule has 6 rings (SSSR count). The first-order valence-corrected chi connectivity index (χ1v) is 16.8. The van der Waals surface area contributed by atoms with Gasteiger partial charge in [-0.05, 0) is 36.1 Å². The molecular formula is C36H40F2N8O6. The Balaban J connectivity index is 1.12. The molecule has 2 aromatic carbocycles. The van der Waals surface area contributed by atoms with Gasteiger partial charge in [-0.25, -0.2) is 28.3 Å². The van der Waals surface area contributed by atoms with Crippen LogP contribution in [0.1, 0.15) is 50.4 Å². The minimum absolute atomic E-state index is 0.0588. The molecule has 2 aromatic heterocycles. The van der Waals surface area contributed by atoms with E-state index in [1.165, 1.54) is 37.8 Å². The van der Waals surface area contributed by atoms with E-state index in [2.05, 4.69) is 30.0 Å². The van der Waals surface area contributed by atoms with Gasteiger partial charge >= 0.3 is 12.2 Å². The number of carboxylic acid groups (broad SMARTS) is 1. The number of halogens is 2. The molecule has 0 radical (unpaired) electrons. The van der Waals surface area contributed by atoms with Crippen molar-refractivity contribution in [3.05, 3.63) is 72.6 Å². The Morgan fingerprint density at radius 3 is 1.65 bits per heavy atom. The fraction of sp³-hybridized carbons (Fsp3) is 0.389. The molecular weight excluding hydrogens is 678 g/mol. The van der Waals surface area contributed by atoms with Crippen molar-refractivity contribution >= 4 is 24.0 Å². The molecule has 2 aliphatic heterocycles. The van der Waals surface area contributed by atoms with Crippen LogP contribution < -0.4 is 5.32 Å². The number of nitrogens with zero attached hydrogens (tertiary/aromatic N) is 5. The Morgan fingerprint density at radius 1 is 0.808 bits per heavy atom. The number of aromatic amines is 2. The van der Waals surface area contributed by atoms with Crippen molar-refractivity contribution in [1.82, 2.24) is 40.0 Å². The minimum atomic E-state index is -1.25. The maximum absolute atomic E-state index is 14.5. The first kappa shape index (κ1) is 36.0. The number of ether oxygens (including phenoxy) is 1. The number of likely N-dealkylation sites (tertiary alicyclic amines) is 2. The lowest BCUT2D eigenvalue weighted by Crippen LogP contribution is -2.47. The molecule has 4 amide bonds. The highest BCUT2D eigenvalue weighted by Crippen LogP contribution is 2.36. The molecule has 0 unspecified atom stereocenters. The second-order valence-electron chi connectivity index (χ2n) is 13.1. The number of rotatable bonds is 9. The van der Waals surface area contributed by atoms with E-state index in [-0.39, 0.29) is 25.9 Å². The highest BCUT2D eigenvalue weighted by molar-refractivity contribution is 5.86. The highest BCUT2D eigenvalue weighted by atomic mass is 19.1. The van der Waals surface area contributed by atoms with Crippen LogP contribution in [-0.4, -0.2) is 115 Å². The number of hydrogen-bond acceptors (Lipinski definition) is 7.